The zero-order valence-corrected chi connectivity index (χ0v) is 15.8. The van der Waals surface area contributed by atoms with E-state index in [1.54, 1.807) is 31.2 Å². The lowest BCUT2D eigenvalue weighted by Gasteiger charge is -2.08. The summed E-state index contributed by atoms with van der Waals surface area (Å²) in [5.41, 5.74) is -0.948. The fraction of sp³-hybridized carbons (Fsp3) is 0.286. The van der Waals surface area contributed by atoms with Gasteiger partial charge in [-0.05, 0) is 36.8 Å². The largest absolute Gasteiger partial charge is 0.497 e. The van der Waals surface area contributed by atoms with Crippen LogP contribution in [0.2, 0.25) is 0 Å². The number of methoxy groups -OCH3 is 1. The van der Waals surface area contributed by atoms with Crippen LogP contribution in [0.1, 0.15) is 28.8 Å². The minimum Gasteiger partial charge on any atom is -0.497 e. The Labute approximate surface area is 166 Å². The van der Waals surface area contributed by atoms with E-state index in [0.29, 0.717) is 16.9 Å². The van der Waals surface area contributed by atoms with Crippen LogP contribution < -0.4 is 4.74 Å². The summed E-state index contributed by atoms with van der Waals surface area (Å²) in [6.45, 7) is 1.69. The average molecular weight is 394 g/mol. The highest BCUT2D eigenvalue weighted by Gasteiger charge is 2.75. The van der Waals surface area contributed by atoms with Gasteiger partial charge in [-0.1, -0.05) is 12.1 Å². The predicted octanol–water partition coefficient (Wildman–Crippen LogP) is 3.27. The first-order valence-corrected chi connectivity index (χ1v) is 8.91. The van der Waals surface area contributed by atoms with E-state index in [4.69, 9.17) is 9.47 Å². The van der Waals surface area contributed by atoms with Gasteiger partial charge in [0.15, 0.2) is 11.2 Å². The van der Waals surface area contributed by atoms with E-state index < -0.39 is 28.1 Å². The first kappa shape index (κ1) is 20.0. The number of nitro benzene ring substituents is 1. The Morgan fingerprint density at radius 2 is 1.79 bits per heavy atom. The van der Waals surface area contributed by atoms with Gasteiger partial charge in [0.2, 0.25) is 0 Å². The number of ether oxygens (including phenoxy) is 2. The second-order valence-corrected chi connectivity index (χ2v) is 6.60. The number of carbonyl (C=O) groups is 2. The molecule has 1 aliphatic carbocycles. The van der Waals surface area contributed by atoms with Gasteiger partial charge in [-0.2, -0.15) is 5.26 Å². The zero-order valence-electron chi connectivity index (χ0n) is 15.8. The van der Waals surface area contributed by atoms with Crippen LogP contribution in [-0.2, 0) is 9.53 Å². The number of hydrogen-bond acceptors (Lipinski definition) is 7. The van der Waals surface area contributed by atoms with Crippen LogP contribution >= 0.6 is 0 Å². The van der Waals surface area contributed by atoms with Crippen molar-refractivity contribution in [1.82, 2.24) is 0 Å². The Morgan fingerprint density at radius 3 is 2.28 bits per heavy atom. The average Bonchev–Trinajstić information content (AvgIpc) is 3.44. The number of nitrogens with zero attached hydrogens (tertiary/aromatic N) is 2. The summed E-state index contributed by atoms with van der Waals surface area (Å²) in [4.78, 5) is 36.1. The molecule has 2 aromatic carbocycles. The number of rotatable bonds is 7. The second-order valence-electron chi connectivity index (χ2n) is 6.60. The van der Waals surface area contributed by atoms with E-state index >= 15 is 0 Å². The van der Waals surface area contributed by atoms with Gasteiger partial charge >= 0.3 is 5.97 Å². The first-order chi connectivity index (χ1) is 13.9. The molecular weight excluding hydrogens is 376 g/mol. The van der Waals surface area contributed by atoms with Gasteiger partial charge in [0, 0.05) is 23.6 Å². The van der Waals surface area contributed by atoms with Crippen molar-refractivity contribution in [2.75, 3.05) is 13.7 Å². The summed E-state index contributed by atoms with van der Waals surface area (Å²) in [6, 6.07) is 13.9. The number of ketones is 1. The first-order valence-electron chi connectivity index (χ1n) is 8.91. The lowest BCUT2D eigenvalue weighted by molar-refractivity contribution is -0.384. The van der Waals surface area contributed by atoms with Gasteiger partial charge in [0.05, 0.1) is 30.6 Å². The third-order valence-corrected chi connectivity index (χ3v) is 5.12. The molecule has 1 unspecified atom stereocenters. The summed E-state index contributed by atoms with van der Waals surface area (Å²) < 4.78 is 10.2. The Bertz CT molecular complexity index is 993. The smallest absolute Gasteiger partial charge is 0.327 e. The molecule has 3 rings (SSSR count). The van der Waals surface area contributed by atoms with E-state index in [1.807, 2.05) is 6.07 Å². The number of Topliss-reactive ketones (excluding diaryl/α,β-unsaturated/α-hetero) is 1. The molecule has 8 heteroatoms. The van der Waals surface area contributed by atoms with Crippen molar-refractivity contribution in [2.24, 2.45) is 11.3 Å². The molecule has 8 nitrogen and oxygen atoms in total. The Morgan fingerprint density at radius 1 is 1.17 bits per heavy atom. The lowest BCUT2D eigenvalue weighted by Crippen LogP contribution is -2.23. The van der Waals surface area contributed by atoms with Crippen molar-refractivity contribution in [3.05, 3.63) is 69.8 Å². The topological polar surface area (TPSA) is 120 Å². The van der Waals surface area contributed by atoms with Crippen LogP contribution in [0, 0.1) is 32.8 Å². The van der Waals surface area contributed by atoms with Crippen LogP contribution in [0.3, 0.4) is 0 Å². The molecule has 0 bridgehead atoms. The normalized spacial score (nSPS) is 22.2. The van der Waals surface area contributed by atoms with Gasteiger partial charge in [0.25, 0.3) is 5.69 Å². The maximum atomic E-state index is 13.1. The Hall–Kier alpha value is -3.73. The molecule has 0 aromatic heterocycles. The van der Waals surface area contributed by atoms with Crippen molar-refractivity contribution in [3.8, 4) is 11.8 Å². The molecule has 0 N–H and O–H groups in total. The van der Waals surface area contributed by atoms with Gasteiger partial charge in [-0.3, -0.25) is 19.7 Å². The molecule has 148 valence electrons. The third-order valence-electron chi connectivity index (χ3n) is 5.12. The molecule has 0 aliphatic heterocycles. The second kappa shape index (κ2) is 7.72. The minimum absolute atomic E-state index is 0.0681. The number of non-ortho nitro benzene ring substituents is 1. The molecule has 1 saturated carbocycles. The number of carbonyl (C=O) groups excluding carboxylic acids is 2. The maximum Gasteiger partial charge on any atom is 0.327 e. The highest BCUT2D eigenvalue weighted by atomic mass is 16.6. The molecule has 3 atom stereocenters. The summed E-state index contributed by atoms with van der Waals surface area (Å²) in [7, 11) is 1.50. The Balaban J connectivity index is 2.01. The molecule has 1 aliphatic rings. The molecule has 0 spiro atoms. The quantitative estimate of drug-likeness (QED) is 0.306. The molecule has 0 radical (unpaired) electrons. The van der Waals surface area contributed by atoms with Crippen molar-refractivity contribution in [3.63, 3.8) is 0 Å². The van der Waals surface area contributed by atoms with Crippen molar-refractivity contribution in [1.29, 1.82) is 5.26 Å². The van der Waals surface area contributed by atoms with E-state index in [9.17, 15) is 25.0 Å². The number of benzene rings is 2. The Kier molecular flexibility index (Phi) is 5.33. The van der Waals surface area contributed by atoms with Gasteiger partial charge < -0.3 is 9.47 Å². The van der Waals surface area contributed by atoms with E-state index in [1.165, 1.54) is 31.4 Å². The number of esters is 1. The number of hydrogen-bond donors (Lipinski definition) is 0. The highest BCUT2D eigenvalue weighted by molar-refractivity contribution is 6.07. The molecule has 2 aromatic rings. The highest BCUT2D eigenvalue weighted by Crippen LogP contribution is 2.66. The van der Waals surface area contributed by atoms with E-state index in [0.717, 1.165) is 0 Å². The molecule has 1 fully saturated rings. The maximum absolute atomic E-state index is 13.1. The monoisotopic (exact) mass is 394 g/mol. The summed E-state index contributed by atoms with van der Waals surface area (Å²) in [6.07, 6.45) is 0. The fourth-order valence-corrected chi connectivity index (χ4v) is 3.63. The van der Waals surface area contributed by atoms with E-state index in [2.05, 4.69) is 0 Å². The van der Waals surface area contributed by atoms with Gasteiger partial charge in [-0.25, -0.2) is 0 Å². The van der Waals surface area contributed by atoms with Crippen molar-refractivity contribution in [2.45, 2.75) is 12.8 Å². The van der Waals surface area contributed by atoms with Gasteiger partial charge in [0.1, 0.15) is 5.75 Å². The van der Waals surface area contributed by atoms with Gasteiger partial charge in [-0.15, -0.1) is 0 Å². The summed E-state index contributed by atoms with van der Waals surface area (Å²) >= 11 is 0. The molecule has 0 heterocycles. The standard InChI is InChI=1S/C21H18N2O6/c1-3-29-20(25)21(12-22)17(13-4-8-15(9-5-13)23(26)27)18(21)19(24)14-6-10-16(28-2)11-7-14/h4-11,17-18H,3H2,1-2H3/t17-,18+,21?/m1/s1. The SMILES string of the molecule is CCOC(=O)C1(C#N)[C@H](C(=O)c2ccc(OC)cc2)[C@H]1c1ccc([N+](=O)[O-])cc1. The van der Waals surface area contributed by atoms with Crippen molar-refractivity contribution >= 4 is 17.4 Å². The number of nitro groups is 1. The third kappa shape index (κ3) is 3.31. The van der Waals surface area contributed by atoms with Crippen molar-refractivity contribution < 1.29 is 24.0 Å². The van der Waals surface area contributed by atoms with Crippen LogP contribution in [-0.4, -0.2) is 30.4 Å². The molecule has 0 saturated heterocycles. The zero-order chi connectivity index (χ0) is 21.2. The van der Waals surface area contributed by atoms with Crippen LogP contribution in [0.4, 0.5) is 5.69 Å². The van der Waals surface area contributed by atoms with Crippen LogP contribution in [0.25, 0.3) is 0 Å². The molecule has 0 amide bonds. The summed E-state index contributed by atoms with van der Waals surface area (Å²) in [5, 5.41) is 20.7. The lowest BCUT2D eigenvalue weighted by atomic mass is 9.98. The van der Waals surface area contributed by atoms with E-state index in [-0.39, 0.29) is 18.1 Å². The van der Waals surface area contributed by atoms with Crippen LogP contribution in [0.15, 0.2) is 48.5 Å². The fourth-order valence-electron chi connectivity index (χ4n) is 3.63. The molecule has 29 heavy (non-hydrogen) atoms. The molecular formula is C21H18N2O6. The van der Waals surface area contributed by atoms with Crippen LogP contribution in [0.5, 0.6) is 5.75 Å². The predicted molar refractivity (Wildman–Crippen MR) is 101 cm³/mol. The summed E-state index contributed by atoms with van der Waals surface area (Å²) in [5.74, 6) is -2.26. The number of nitriles is 1. The minimum atomic E-state index is -1.66.